The van der Waals surface area contributed by atoms with Crippen LogP contribution in [0.25, 0.3) is 0 Å². The Morgan fingerprint density at radius 3 is 2.56 bits per heavy atom. The van der Waals surface area contributed by atoms with Crippen molar-refractivity contribution in [1.29, 1.82) is 0 Å². The van der Waals surface area contributed by atoms with Crippen molar-refractivity contribution in [2.45, 2.75) is 38.8 Å². The van der Waals surface area contributed by atoms with Crippen LogP contribution >= 0.6 is 15.9 Å². The highest BCUT2D eigenvalue weighted by Gasteiger charge is 2.44. The number of halogens is 4. The van der Waals surface area contributed by atoms with Gasteiger partial charge in [0.25, 0.3) is 0 Å². The molecule has 0 radical (unpaired) electrons. The Morgan fingerprint density at radius 1 is 1.39 bits per heavy atom. The molecule has 0 heterocycles. The molecule has 0 N–H and O–H groups in total. The largest absolute Gasteiger partial charge is 0.391 e. The van der Waals surface area contributed by atoms with E-state index in [1.54, 1.807) is 4.90 Å². The van der Waals surface area contributed by atoms with Gasteiger partial charge in [-0.1, -0.05) is 22.4 Å². The van der Waals surface area contributed by atoms with Crippen LogP contribution in [0.2, 0.25) is 0 Å². The highest BCUT2D eigenvalue weighted by molar-refractivity contribution is 9.09. The third-order valence-electron chi connectivity index (χ3n) is 3.53. The molecule has 0 bridgehead atoms. The normalized spacial score (nSPS) is 24.9. The summed E-state index contributed by atoms with van der Waals surface area (Å²) >= 11 is 3.25. The van der Waals surface area contributed by atoms with Crippen LogP contribution in [-0.2, 0) is 4.79 Å². The van der Waals surface area contributed by atoms with Gasteiger partial charge in [0.2, 0.25) is 5.91 Å². The minimum atomic E-state index is -4.16. The predicted octanol–water partition coefficient (Wildman–Crippen LogP) is 3.60. The van der Waals surface area contributed by atoms with Crippen LogP contribution in [0.3, 0.4) is 0 Å². The Morgan fingerprint density at radius 2 is 2.06 bits per heavy atom. The minimum Gasteiger partial charge on any atom is -0.342 e. The molecule has 0 aromatic rings. The topological polar surface area (TPSA) is 20.3 Å². The second-order valence-electron chi connectivity index (χ2n) is 4.71. The third kappa shape index (κ3) is 4.14. The molecule has 1 fully saturated rings. The first kappa shape index (κ1) is 15.8. The Labute approximate surface area is 114 Å². The molecular weight excluding hydrogens is 311 g/mol. The number of rotatable bonds is 4. The number of hydrogen-bond acceptors (Lipinski definition) is 1. The maximum atomic E-state index is 12.7. The fourth-order valence-corrected chi connectivity index (χ4v) is 2.92. The molecule has 0 aromatic heterocycles. The third-order valence-corrected chi connectivity index (χ3v) is 3.89. The number of carbonyl (C=O) groups excluding carboxylic acids is 1. The lowest BCUT2D eigenvalue weighted by molar-refractivity contribution is -0.187. The number of carbonyl (C=O) groups is 1. The van der Waals surface area contributed by atoms with Gasteiger partial charge in [0.15, 0.2) is 0 Å². The van der Waals surface area contributed by atoms with Crippen LogP contribution in [0.15, 0.2) is 0 Å². The fraction of sp³-hybridized carbons (Fsp3) is 0.917. The molecular formula is C12H19BrF3NO. The van der Waals surface area contributed by atoms with Crippen molar-refractivity contribution in [2.75, 3.05) is 18.4 Å². The van der Waals surface area contributed by atoms with Gasteiger partial charge in [-0.15, -0.1) is 0 Å². The van der Waals surface area contributed by atoms with Gasteiger partial charge in [-0.2, -0.15) is 13.2 Å². The summed E-state index contributed by atoms with van der Waals surface area (Å²) in [5.41, 5.74) is 0. The van der Waals surface area contributed by atoms with E-state index in [0.29, 0.717) is 31.3 Å². The average Bonchev–Trinajstić information content (AvgIpc) is 2.34. The zero-order valence-corrected chi connectivity index (χ0v) is 12.1. The molecule has 1 saturated carbocycles. The Balaban J connectivity index is 2.63. The molecule has 18 heavy (non-hydrogen) atoms. The highest BCUT2D eigenvalue weighted by atomic mass is 79.9. The van der Waals surface area contributed by atoms with Crippen LogP contribution in [0, 0.1) is 11.8 Å². The van der Waals surface area contributed by atoms with Gasteiger partial charge in [0.1, 0.15) is 0 Å². The first-order valence-corrected chi connectivity index (χ1v) is 7.43. The van der Waals surface area contributed by atoms with Crippen LogP contribution in [0.4, 0.5) is 13.2 Å². The van der Waals surface area contributed by atoms with Gasteiger partial charge < -0.3 is 4.90 Å². The van der Waals surface area contributed by atoms with Crippen LogP contribution in [0.1, 0.15) is 32.6 Å². The van der Waals surface area contributed by atoms with Crippen LogP contribution in [-0.4, -0.2) is 35.4 Å². The lowest BCUT2D eigenvalue weighted by Crippen LogP contribution is -2.41. The molecule has 2 unspecified atom stereocenters. The van der Waals surface area contributed by atoms with Crippen molar-refractivity contribution >= 4 is 21.8 Å². The summed E-state index contributed by atoms with van der Waals surface area (Å²) in [7, 11) is 0. The van der Waals surface area contributed by atoms with Crippen molar-refractivity contribution in [3.63, 3.8) is 0 Å². The number of alkyl halides is 4. The van der Waals surface area contributed by atoms with Crippen molar-refractivity contribution in [3.8, 4) is 0 Å². The molecule has 1 amide bonds. The van der Waals surface area contributed by atoms with Crippen molar-refractivity contribution < 1.29 is 18.0 Å². The van der Waals surface area contributed by atoms with Gasteiger partial charge in [-0.3, -0.25) is 4.79 Å². The highest BCUT2D eigenvalue weighted by Crippen LogP contribution is 2.40. The molecule has 106 valence electrons. The number of hydrogen-bond donors (Lipinski definition) is 0. The minimum absolute atomic E-state index is 0.0406. The zero-order valence-electron chi connectivity index (χ0n) is 10.5. The second-order valence-corrected chi connectivity index (χ2v) is 5.50. The van der Waals surface area contributed by atoms with Gasteiger partial charge in [0, 0.05) is 24.3 Å². The monoisotopic (exact) mass is 329 g/mol. The van der Waals surface area contributed by atoms with E-state index >= 15 is 0 Å². The standard InChI is InChI=1S/C12H19BrF3NO/c1-2-17(7-6-13)11(18)9-4-3-5-10(8-9)12(14,15)16/h9-10H,2-8H2,1H3. The van der Waals surface area contributed by atoms with Crippen LogP contribution in [0.5, 0.6) is 0 Å². The van der Waals surface area contributed by atoms with Crippen molar-refractivity contribution in [2.24, 2.45) is 11.8 Å². The smallest absolute Gasteiger partial charge is 0.342 e. The van der Waals surface area contributed by atoms with Crippen molar-refractivity contribution in [3.05, 3.63) is 0 Å². The van der Waals surface area contributed by atoms with E-state index in [1.807, 2.05) is 6.92 Å². The summed E-state index contributed by atoms with van der Waals surface area (Å²) in [4.78, 5) is 13.8. The Kier molecular flexibility index (Phi) is 5.95. The molecule has 0 saturated heterocycles. The summed E-state index contributed by atoms with van der Waals surface area (Å²) in [6.45, 7) is 2.96. The Bertz CT molecular complexity index is 283. The SMILES string of the molecule is CCN(CCBr)C(=O)C1CCCC(C(F)(F)F)C1. The summed E-state index contributed by atoms with van der Waals surface area (Å²) in [5, 5.41) is 0.655. The van der Waals surface area contributed by atoms with E-state index in [4.69, 9.17) is 0 Å². The molecule has 2 nitrogen and oxygen atoms in total. The number of nitrogens with zero attached hydrogens (tertiary/aromatic N) is 1. The first-order valence-electron chi connectivity index (χ1n) is 6.31. The van der Waals surface area contributed by atoms with E-state index < -0.39 is 18.0 Å². The summed E-state index contributed by atoms with van der Waals surface area (Å²) in [6.07, 6.45) is -2.96. The summed E-state index contributed by atoms with van der Waals surface area (Å²) < 4.78 is 38.0. The summed E-state index contributed by atoms with van der Waals surface area (Å²) in [5.74, 6) is -1.88. The first-order chi connectivity index (χ1) is 8.40. The zero-order chi connectivity index (χ0) is 13.8. The van der Waals surface area contributed by atoms with Gasteiger partial charge >= 0.3 is 6.18 Å². The lowest BCUT2D eigenvalue weighted by Gasteiger charge is -2.33. The predicted molar refractivity (Wildman–Crippen MR) is 67.6 cm³/mol. The molecule has 6 heteroatoms. The maximum absolute atomic E-state index is 12.7. The molecule has 1 rings (SSSR count). The maximum Gasteiger partial charge on any atom is 0.391 e. The van der Waals surface area contributed by atoms with E-state index in [9.17, 15) is 18.0 Å². The van der Waals surface area contributed by atoms with Gasteiger partial charge in [0.05, 0.1) is 5.92 Å². The lowest BCUT2D eigenvalue weighted by atomic mass is 9.80. The van der Waals surface area contributed by atoms with E-state index in [2.05, 4.69) is 15.9 Å². The molecule has 2 atom stereocenters. The molecule has 1 aliphatic carbocycles. The van der Waals surface area contributed by atoms with Gasteiger partial charge in [-0.25, -0.2) is 0 Å². The quantitative estimate of drug-likeness (QED) is 0.722. The Hall–Kier alpha value is -0.260. The van der Waals surface area contributed by atoms with E-state index in [1.165, 1.54) is 0 Å². The molecule has 0 aromatic carbocycles. The average molecular weight is 330 g/mol. The van der Waals surface area contributed by atoms with E-state index in [-0.39, 0.29) is 18.7 Å². The molecule has 0 spiro atoms. The van der Waals surface area contributed by atoms with E-state index in [0.717, 1.165) is 0 Å². The molecule has 0 aliphatic heterocycles. The number of amides is 1. The molecule has 1 aliphatic rings. The van der Waals surface area contributed by atoms with Crippen molar-refractivity contribution in [1.82, 2.24) is 4.90 Å². The fourth-order valence-electron chi connectivity index (χ4n) is 2.50. The summed E-state index contributed by atoms with van der Waals surface area (Å²) in [6, 6.07) is 0. The van der Waals surface area contributed by atoms with Crippen LogP contribution < -0.4 is 0 Å². The second kappa shape index (κ2) is 6.78. The van der Waals surface area contributed by atoms with Gasteiger partial charge in [-0.05, 0) is 26.2 Å².